The third-order valence-corrected chi connectivity index (χ3v) is 10.1. The van der Waals surface area contributed by atoms with Gasteiger partial charge in [0.15, 0.2) is 0 Å². The average molecular weight is 689 g/mol. The van der Waals surface area contributed by atoms with Gasteiger partial charge in [-0.3, -0.25) is 0 Å². The highest BCUT2D eigenvalue weighted by molar-refractivity contribution is 7.43. The van der Waals surface area contributed by atoms with Crippen molar-refractivity contribution in [3.63, 3.8) is 0 Å². The van der Waals surface area contributed by atoms with Gasteiger partial charge in [-0.2, -0.15) is 0 Å². The van der Waals surface area contributed by atoms with Gasteiger partial charge in [0.05, 0.1) is 0 Å². The maximum Gasteiger partial charge on any atom is 0.530 e. The van der Waals surface area contributed by atoms with Crippen molar-refractivity contribution >= 4 is 8.60 Å². The molecule has 0 aromatic heterocycles. The van der Waals surface area contributed by atoms with Crippen LogP contribution in [0.3, 0.4) is 0 Å². The van der Waals surface area contributed by atoms with E-state index >= 15 is 0 Å². The molecule has 0 saturated heterocycles. The first-order valence-electron chi connectivity index (χ1n) is 18.2. The summed E-state index contributed by atoms with van der Waals surface area (Å²) in [5, 5.41) is 0. The van der Waals surface area contributed by atoms with Crippen LogP contribution in [0.25, 0.3) is 0 Å². The summed E-state index contributed by atoms with van der Waals surface area (Å²) in [7, 11) is -1.91. The SMILES string of the molecule is Cc1ccc(OP(Oc2ccc(C)cc2C(C)(C)CC(C)(C)C)Oc2ccc(C)cc2C(C)(C)CC(C)(C)C)c(C(C)(C)CC(C)(C)C)c1. The molecule has 0 bridgehead atoms. The first-order valence-corrected chi connectivity index (χ1v) is 19.3. The second-order valence-corrected chi connectivity index (χ2v) is 21.4. The molecule has 0 aliphatic heterocycles. The number of benzene rings is 3. The van der Waals surface area contributed by atoms with E-state index in [1.54, 1.807) is 0 Å². The third kappa shape index (κ3) is 12.1. The molecule has 0 atom stereocenters. The van der Waals surface area contributed by atoms with Crippen molar-refractivity contribution in [2.45, 2.75) is 160 Å². The molecule has 0 aliphatic carbocycles. The van der Waals surface area contributed by atoms with Crippen molar-refractivity contribution in [2.75, 3.05) is 0 Å². The van der Waals surface area contributed by atoms with Crippen LogP contribution in [0.5, 0.6) is 17.2 Å². The molecule has 3 rings (SSSR count). The van der Waals surface area contributed by atoms with Gasteiger partial charge in [-0.1, -0.05) is 157 Å². The first kappa shape index (κ1) is 40.9. The number of hydrogen-bond donors (Lipinski definition) is 0. The van der Waals surface area contributed by atoms with Crippen LogP contribution in [0.4, 0.5) is 0 Å². The highest BCUT2D eigenvalue weighted by atomic mass is 31.2. The summed E-state index contributed by atoms with van der Waals surface area (Å²) in [6, 6.07) is 19.6. The Morgan fingerprint density at radius 2 is 0.612 bits per heavy atom. The summed E-state index contributed by atoms with van der Waals surface area (Å²) >= 11 is 0. The van der Waals surface area contributed by atoms with Crippen molar-refractivity contribution in [1.82, 2.24) is 0 Å². The van der Waals surface area contributed by atoms with Crippen molar-refractivity contribution in [3.8, 4) is 17.2 Å². The van der Waals surface area contributed by atoms with Gasteiger partial charge in [0.2, 0.25) is 0 Å². The Bertz CT molecular complexity index is 1390. The van der Waals surface area contributed by atoms with E-state index in [4.69, 9.17) is 13.6 Å². The highest BCUT2D eigenvalue weighted by Crippen LogP contribution is 2.52. The molecule has 49 heavy (non-hydrogen) atoms. The lowest BCUT2D eigenvalue weighted by Gasteiger charge is -2.36. The number of aryl methyl sites for hydroxylation is 3. The van der Waals surface area contributed by atoms with Gasteiger partial charge in [0.1, 0.15) is 17.2 Å². The fourth-order valence-electron chi connectivity index (χ4n) is 8.32. The summed E-state index contributed by atoms with van der Waals surface area (Å²) in [6.45, 7) is 41.2. The van der Waals surface area contributed by atoms with Crippen molar-refractivity contribution < 1.29 is 13.6 Å². The normalized spacial score (nSPS) is 13.5. The second-order valence-electron chi connectivity index (χ2n) is 20.4. The van der Waals surface area contributed by atoms with E-state index in [9.17, 15) is 0 Å². The van der Waals surface area contributed by atoms with E-state index in [0.717, 1.165) is 36.5 Å². The summed E-state index contributed by atoms with van der Waals surface area (Å²) in [6.07, 6.45) is 3.02. The Morgan fingerprint density at radius 3 is 0.816 bits per heavy atom. The van der Waals surface area contributed by atoms with E-state index in [2.05, 4.69) is 179 Å². The standard InChI is InChI=1S/C45H69O3P/c1-31-19-22-37(34(25-31)43(13,14)28-40(4,5)6)46-49(47-38-23-20-32(2)26-35(38)44(15,16)29-41(7,8)9)48-39-24-21-33(3)27-36(39)45(17,18)30-42(10,11)12/h19-27H,28-30H2,1-18H3. The Morgan fingerprint density at radius 1 is 0.388 bits per heavy atom. The molecule has 3 aromatic carbocycles. The lowest BCUT2D eigenvalue weighted by molar-refractivity contribution is 0.275. The molecule has 0 unspecified atom stereocenters. The molecule has 0 fully saturated rings. The highest BCUT2D eigenvalue weighted by Gasteiger charge is 2.36. The van der Waals surface area contributed by atoms with Gasteiger partial charge < -0.3 is 13.6 Å². The molecular weight excluding hydrogens is 619 g/mol. The quantitative estimate of drug-likeness (QED) is 0.177. The van der Waals surface area contributed by atoms with E-state index in [0.29, 0.717) is 0 Å². The van der Waals surface area contributed by atoms with Crippen LogP contribution in [-0.4, -0.2) is 0 Å². The zero-order valence-electron chi connectivity index (χ0n) is 34.5. The Hall–Kier alpha value is -2.51. The molecule has 4 heteroatoms. The molecule has 0 saturated carbocycles. The van der Waals surface area contributed by atoms with Crippen molar-refractivity contribution in [2.24, 2.45) is 16.2 Å². The predicted molar refractivity (Wildman–Crippen MR) is 214 cm³/mol. The van der Waals surface area contributed by atoms with Crippen LogP contribution < -0.4 is 13.6 Å². The topological polar surface area (TPSA) is 27.7 Å². The number of hydrogen-bond acceptors (Lipinski definition) is 3. The maximum atomic E-state index is 7.03. The monoisotopic (exact) mass is 688 g/mol. The van der Waals surface area contributed by atoms with Crippen LogP contribution in [0.1, 0.15) is 156 Å². The fraction of sp³-hybridized carbons (Fsp3) is 0.600. The molecule has 272 valence electrons. The zero-order valence-corrected chi connectivity index (χ0v) is 35.4. The van der Waals surface area contributed by atoms with Gasteiger partial charge in [0, 0.05) is 16.7 Å². The van der Waals surface area contributed by atoms with Crippen LogP contribution in [0.2, 0.25) is 0 Å². The van der Waals surface area contributed by atoms with Crippen molar-refractivity contribution in [3.05, 3.63) is 88.0 Å². The van der Waals surface area contributed by atoms with Gasteiger partial charge in [-0.15, -0.1) is 0 Å². The van der Waals surface area contributed by atoms with Gasteiger partial charge in [-0.25, -0.2) is 0 Å². The molecule has 0 radical (unpaired) electrons. The average Bonchev–Trinajstić information content (AvgIpc) is 2.87. The summed E-state index contributed by atoms with van der Waals surface area (Å²) < 4.78 is 21.1. The zero-order chi connectivity index (χ0) is 37.4. The van der Waals surface area contributed by atoms with E-state index in [1.165, 1.54) is 33.4 Å². The van der Waals surface area contributed by atoms with Crippen molar-refractivity contribution in [1.29, 1.82) is 0 Å². The van der Waals surface area contributed by atoms with Crippen LogP contribution in [0.15, 0.2) is 54.6 Å². The minimum absolute atomic E-state index is 0.131. The lowest BCUT2D eigenvalue weighted by Crippen LogP contribution is -2.26. The van der Waals surface area contributed by atoms with Crippen LogP contribution in [-0.2, 0) is 16.2 Å². The van der Waals surface area contributed by atoms with E-state index < -0.39 is 8.60 Å². The smallest absolute Gasteiger partial charge is 0.408 e. The summed E-state index contributed by atoms with van der Waals surface area (Å²) in [5.74, 6) is 2.45. The van der Waals surface area contributed by atoms with Crippen LogP contribution in [0, 0.1) is 37.0 Å². The lowest BCUT2D eigenvalue weighted by atomic mass is 9.72. The van der Waals surface area contributed by atoms with E-state index in [1.807, 2.05) is 0 Å². The summed E-state index contributed by atoms with van der Waals surface area (Å²) in [4.78, 5) is 0. The van der Waals surface area contributed by atoms with E-state index in [-0.39, 0.29) is 32.5 Å². The third-order valence-electron chi connectivity index (χ3n) is 9.03. The Balaban J connectivity index is 2.23. The van der Waals surface area contributed by atoms with Gasteiger partial charge >= 0.3 is 8.60 Å². The molecule has 0 heterocycles. The second kappa shape index (κ2) is 14.6. The maximum absolute atomic E-state index is 7.03. The minimum Gasteiger partial charge on any atom is -0.408 e. The molecule has 3 nitrogen and oxygen atoms in total. The Kier molecular flexibility index (Phi) is 12.2. The largest absolute Gasteiger partial charge is 0.530 e. The predicted octanol–water partition coefficient (Wildman–Crippen LogP) is 14.5. The Labute approximate surface area is 302 Å². The first-order chi connectivity index (χ1) is 22.1. The molecule has 0 aliphatic rings. The minimum atomic E-state index is -1.91. The molecule has 0 amide bonds. The molecule has 0 N–H and O–H groups in total. The molecule has 3 aromatic rings. The van der Waals surface area contributed by atoms with Crippen LogP contribution >= 0.6 is 8.60 Å². The van der Waals surface area contributed by atoms with Gasteiger partial charge in [-0.05, 0) is 90.7 Å². The summed E-state index contributed by atoms with van der Waals surface area (Å²) in [5.41, 5.74) is 7.22. The fourth-order valence-corrected chi connectivity index (χ4v) is 9.39. The molecule has 0 spiro atoms. The van der Waals surface area contributed by atoms with Gasteiger partial charge in [0.25, 0.3) is 0 Å². The molecular formula is C45H69O3P. The number of rotatable bonds is 12.